The van der Waals surface area contributed by atoms with Crippen LogP contribution >= 0.6 is 11.8 Å². The largest absolute Gasteiger partial charge is 0.294 e. The Hall–Kier alpha value is -0.760. The molecule has 84 valence electrons. The minimum Gasteiger partial charge on any atom is -0.294 e. The normalized spacial score (nSPS) is 22.4. The van der Waals surface area contributed by atoms with E-state index < -0.39 is 0 Å². The van der Waals surface area contributed by atoms with Gasteiger partial charge >= 0.3 is 0 Å². The summed E-state index contributed by atoms with van der Waals surface area (Å²) >= 11 is 1.99. The van der Waals surface area contributed by atoms with E-state index in [1.807, 2.05) is 11.8 Å². The monoisotopic (exact) mass is 232 g/mol. The first-order chi connectivity index (χ1) is 7.71. The van der Waals surface area contributed by atoms with E-state index >= 15 is 0 Å². The van der Waals surface area contributed by atoms with E-state index in [-0.39, 0.29) is 5.41 Å². The lowest BCUT2D eigenvalue weighted by Crippen LogP contribution is -2.32. The van der Waals surface area contributed by atoms with Crippen LogP contribution in [0.5, 0.6) is 0 Å². The molecule has 2 heteroatoms. The van der Waals surface area contributed by atoms with Gasteiger partial charge in [-0.25, -0.2) is 0 Å². The van der Waals surface area contributed by atoms with E-state index in [0.717, 1.165) is 36.3 Å². The van der Waals surface area contributed by atoms with E-state index in [4.69, 9.17) is 0 Å². The zero-order valence-corrected chi connectivity index (χ0v) is 10.4. The lowest BCUT2D eigenvalue weighted by Gasteiger charge is -2.31. The van der Waals surface area contributed by atoms with Gasteiger partial charge in [-0.3, -0.25) is 4.79 Å². The quantitative estimate of drug-likeness (QED) is 0.683. The predicted octanol–water partition coefficient (Wildman–Crippen LogP) is 3.25. The van der Waals surface area contributed by atoms with Crippen LogP contribution in [0.2, 0.25) is 0 Å². The average molecular weight is 232 g/mol. The first kappa shape index (κ1) is 10.4. The van der Waals surface area contributed by atoms with Gasteiger partial charge in [-0.15, -0.1) is 0 Å². The zero-order chi connectivity index (χ0) is 11.2. The Balaban J connectivity index is 2.02. The molecule has 2 aliphatic rings. The lowest BCUT2D eigenvalue weighted by molar-refractivity contribution is 0.0804. The molecule has 1 aliphatic heterocycles. The maximum Gasteiger partial charge on any atom is 0.169 e. The van der Waals surface area contributed by atoms with Crippen LogP contribution in [0.25, 0.3) is 0 Å². The maximum atomic E-state index is 12.5. The van der Waals surface area contributed by atoms with E-state index in [9.17, 15) is 4.79 Å². The van der Waals surface area contributed by atoms with E-state index in [2.05, 4.69) is 25.1 Å². The molecule has 1 heterocycles. The fourth-order valence-corrected chi connectivity index (χ4v) is 4.23. The number of carbonyl (C=O) groups excluding carboxylic acids is 1. The van der Waals surface area contributed by atoms with Gasteiger partial charge in [0, 0.05) is 11.0 Å². The molecule has 0 unspecified atom stereocenters. The number of hydrogen-bond acceptors (Lipinski definition) is 2. The number of hydrogen-bond donors (Lipinski definition) is 0. The molecular formula is C14H16OS. The number of rotatable bonds is 0. The summed E-state index contributed by atoms with van der Waals surface area (Å²) in [6, 6.07) is 6.36. The van der Waals surface area contributed by atoms with Gasteiger partial charge in [0.25, 0.3) is 0 Å². The molecule has 0 radical (unpaired) electrons. The molecule has 1 fully saturated rings. The summed E-state index contributed by atoms with van der Waals surface area (Å²) in [5, 5.41) is 0. The third kappa shape index (κ3) is 1.43. The van der Waals surface area contributed by atoms with Gasteiger partial charge in [-0.2, -0.15) is 11.8 Å². The molecule has 1 saturated heterocycles. The molecule has 0 amide bonds. The van der Waals surface area contributed by atoms with Crippen molar-refractivity contribution in [3.63, 3.8) is 0 Å². The third-order valence-corrected chi connectivity index (χ3v) is 4.96. The van der Waals surface area contributed by atoms with E-state index in [1.54, 1.807) is 0 Å². The average Bonchev–Trinajstić information content (AvgIpc) is 2.55. The van der Waals surface area contributed by atoms with Crippen molar-refractivity contribution in [2.45, 2.75) is 26.2 Å². The SMILES string of the molecule is Cc1ccc2c(c1)C(=O)C1(CCSCC1)C2. The van der Waals surface area contributed by atoms with Crippen molar-refractivity contribution in [2.24, 2.45) is 5.41 Å². The summed E-state index contributed by atoms with van der Waals surface area (Å²) in [5.41, 5.74) is 3.46. The second-order valence-electron chi connectivity index (χ2n) is 5.06. The van der Waals surface area contributed by atoms with Crippen LogP contribution in [-0.4, -0.2) is 17.3 Å². The summed E-state index contributed by atoms with van der Waals surface area (Å²) in [6.45, 7) is 2.06. The highest BCUT2D eigenvalue weighted by Crippen LogP contribution is 2.46. The number of thioether (sulfide) groups is 1. The van der Waals surface area contributed by atoms with Gasteiger partial charge in [0.15, 0.2) is 5.78 Å². The Kier molecular flexibility index (Phi) is 2.36. The summed E-state index contributed by atoms with van der Waals surface area (Å²) < 4.78 is 0. The van der Waals surface area contributed by atoms with E-state index in [1.165, 1.54) is 11.1 Å². The summed E-state index contributed by atoms with van der Waals surface area (Å²) in [7, 11) is 0. The van der Waals surface area contributed by atoms with Crippen molar-refractivity contribution in [1.82, 2.24) is 0 Å². The topological polar surface area (TPSA) is 17.1 Å². The second kappa shape index (κ2) is 3.63. The smallest absolute Gasteiger partial charge is 0.169 e. The van der Waals surface area contributed by atoms with Crippen LogP contribution in [0.15, 0.2) is 18.2 Å². The predicted molar refractivity (Wildman–Crippen MR) is 68.2 cm³/mol. The fraction of sp³-hybridized carbons (Fsp3) is 0.500. The maximum absolute atomic E-state index is 12.5. The van der Waals surface area contributed by atoms with Gasteiger partial charge < -0.3 is 0 Å². The molecule has 0 saturated carbocycles. The Morgan fingerprint density at radius 2 is 2.00 bits per heavy atom. The Morgan fingerprint density at radius 1 is 1.25 bits per heavy atom. The summed E-state index contributed by atoms with van der Waals surface area (Å²) in [6.07, 6.45) is 3.14. The van der Waals surface area contributed by atoms with Crippen LogP contribution in [0, 0.1) is 12.3 Å². The number of aryl methyl sites for hydroxylation is 1. The molecular weight excluding hydrogens is 216 g/mol. The van der Waals surface area contributed by atoms with Crippen LogP contribution < -0.4 is 0 Å². The Bertz CT molecular complexity index is 444. The molecule has 0 N–H and O–H groups in total. The zero-order valence-electron chi connectivity index (χ0n) is 9.58. The Morgan fingerprint density at radius 3 is 2.75 bits per heavy atom. The van der Waals surface area contributed by atoms with E-state index in [0.29, 0.717) is 5.78 Å². The van der Waals surface area contributed by atoms with Crippen molar-refractivity contribution >= 4 is 17.5 Å². The van der Waals surface area contributed by atoms with Crippen LogP contribution in [0.3, 0.4) is 0 Å². The molecule has 16 heavy (non-hydrogen) atoms. The minimum absolute atomic E-state index is 0.0264. The molecule has 1 aromatic rings. The first-order valence-corrected chi connectivity index (χ1v) is 7.09. The van der Waals surface area contributed by atoms with Gasteiger partial charge in [0.05, 0.1) is 0 Å². The molecule has 1 aliphatic carbocycles. The fourth-order valence-electron chi connectivity index (χ4n) is 2.95. The number of benzene rings is 1. The number of ketones is 1. The highest BCUT2D eigenvalue weighted by molar-refractivity contribution is 7.99. The van der Waals surface area contributed by atoms with Gasteiger partial charge in [0.1, 0.15) is 0 Å². The van der Waals surface area contributed by atoms with Crippen molar-refractivity contribution in [1.29, 1.82) is 0 Å². The lowest BCUT2D eigenvalue weighted by atomic mass is 9.78. The number of carbonyl (C=O) groups is 1. The summed E-state index contributed by atoms with van der Waals surface area (Å²) in [5.74, 6) is 2.73. The molecule has 1 spiro atoms. The molecule has 1 aromatic carbocycles. The van der Waals surface area contributed by atoms with Gasteiger partial charge in [-0.05, 0) is 49.3 Å². The van der Waals surface area contributed by atoms with Gasteiger partial charge in [0.2, 0.25) is 0 Å². The molecule has 0 atom stereocenters. The standard InChI is InChI=1S/C14H16OS/c1-10-2-3-11-9-14(4-6-16-7-5-14)13(15)12(11)8-10/h2-3,8H,4-7,9H2,1H3. The first-order valence-electron chi connectivity index (χ1n) is 5.93. The van der Waals surface area contributed by atoms with Crippen LogP contribution in [0.1, 0.15) is 34.3 Å². The van der Waals surface area contributed by atoms with Crippen LogP contribution in [0.4, 0.5) is 0 Å². The molecule has 0 bridgehead atoms. The summed E-state index contributed by atoms with van der Waals surface area (Å²) in [4.78, 5) is 12.5. The number of fused-ring (bicyclic) bond motifs is 1. The van der Waals surface area contributed by atoms with Crippen molar-refractivity contribution in [3.8, 4) is 0 Å². The van der Waals surface area contributed by atoms with Crippen molar-refractivity contribution < 1.29 is 4.79 Å². The van der Waals surface area contributed by atoms with Crippen LogP contribution in [-0.2, 0) is 6.42 Å². The van der Waals surface area contributed by atoms with Gasteiger partial charge in [-0.1, -0.05) is 17.7 Å². The molecule has 0 aromatic heterocycles. The molecule has 3 rings (SSSR count). The molecule has 1 nitrogen and oxygen atoms in total. The Labute approximate surface area is 101 Å². The van der Waals surface area contributed by atoms with Crippen molar-refractivity contribution in [3.05, 3.63) is 34.9 Å². The minimum atomic E-state index is -0.0264. The second-order valence-corrected chi connectivity index (χ2v) is 6.28. The highest BCUT2D eigenvalue weighted by atomic mass is 32.2. The number of Topliss-reactive ketones (excluding diaryl/α,β-unsaturated/α-hetero) is 1. The highest BCUT2D eigenvalue weighted by Gasteiger charge is 2.45. The van der Waals surface area contributed by atoms with Crippen molar-refractivity contribution in [2.75, 3.05) is 11.5 Å². The third-order valence-electron chi connectivity index (χ3n) is 3.97.